The number of aromatic hydroxyl groups is 1. The average Bonchev–Trinajstić information content (AvgIpc) is 2.45. The van der Waals surface area contributed by atoms with Crippen molar-refractivity contribution in [1.82, 2.24) is 9.21 Å². The van der Waals surface area contributed by atoms with E-state index in [0.29, 0.717) is 5.75 Å². The van der Waals surface area contributed by atoms with Crippen molar-refractivity contribution >= 4 is 15.9 Å². The molecule has 1 aromatic carbocycles. The van der Waals surface area contributed by atoms with Gasteiger partial charge in [0.2, 0.25) is 15.9 Å². The number of carbonyl (C=O) groups is 1. The lowest BCUT2D eigenvalue weighted by atomic mass is 9.98. The Bertz CT molecular complexity index is 743. The van der Waals surface area contributed by atoms with Crippen LogP contribution in [0.25, 0.3) is 0 Å². The monoisotopic (exact) mass is 356 g/mol. The van der Waals surface area contributed by atoms with Crippen LogP contribution in [-0.2, 0) is 14.8 Å². The Morgan fingerprint density at radius 1 is 1.29 bits per heavy atom. The molecule has 0 radical (unpaired) electrons. The first kappa shape index (κ1) is 18.5. The molecule has 1 fully saturated rings. The zero-order chi connectivity index (χ0) is 18.3. The maximum absolute atomic E-state index is 12.9. The van der Waals surface area contributed by atoms with Gasteiger partial charge < -0.3 is 14.7 Å². The van der Waals surface area contributed by atoms with Crippen LogP contribution in [0.3, 0.4) is 0 Å². The lowest BCUT2D eigenvalue weighted by Crippen LogP contribution is -2.64. The molecule has 1 aliphatic rings. The number of rotatable bonds is 4. The Morgan fingerprint density at radius 2 is 1.92 bits per heavy atom. The van der Waals surface area contributed by atoms with Gasteiger partial charge in [-0.05, 0) is 39.8 Å². The second kappa shape index (κ2) is 6.25. The van der Waals surface area contributed by atoms with E-state index in [-0.39, 0.29) is 35.7 Å². The second-order valence-corrected chi connectivity index (χ2v) is 8.68. The standard InChI is InChI=1S/C16H24N2O5S/c1-11(2)18-15(20)9-17(10-16(18,3)4)24(21,22)14-8-12(23-5)6-7-13(14)19/h6-8,11,19H,9-10H2,1-5H3. The van der Waals surface area contributed by atoms with Crippen LogP contribution in [0, 0.1) is 0 Å². The highest BCUT2D eigenvalue weighted by molar-refractivity contribution is 7.89. The van der Waals surface area contributed by atoms with Gasteiger partial charge in [0.25, 0.3) is 0 Å². The Labute approximate surface area is 142 Å². The number of carbonyl (C=O) groups excluding carboxylic acids is 1. The van der Waals surface area contributed by atoms with Crippen LogP contribution in [0.5, 0.6) is 11.5 Å². The summed E-state index contributed by atoms with van der Waals surface area (Å²) in [5, 5.41) is 9.98. The highest BCUT2D eigenvalue weighted by Crippen LogP contribution is 2.33. The minimum atomic E-state index is -4.02. The van der Waals surface area contributed by atoms with E-state index in [1.807, 2.05) is 27.7 Å². The molecule has 2 rings (SSSR count). The zero-order valence-electron chi connectivity index (χ0n) is 14.6. The van der Waals surface area contributed by atoms with Crippen molar-refractivity contribution in [3.63, 3.8) is 0 Å². The van der Waals surface area contributed by atoms with Crippen molar-refractivity contribution in [2.75, 3.05) is 20.2 Å². The van der Waals surface area contributed by atoms with E-state index < -0.39 is 15.6 Å². The van der Waals surface area contributed by atoms with Crippen LogP contribution in [-0.4, -0.2) is 60.4 Å². The molecule has 8 heteroatoms. The average molecular weight is 356 g/mol. The van der Waals surface area contributed by atoms with Crippen molar-refractivity contribution in [2.45, 2.75) is 44.2 Å². The Morgan fingerprint density at radius 3 is 2.42 bits per heavy atom. The van der Waals surface area contributed by atoms with Gasteiger partial charge in [-0.25, -0.2) is 8.42 Å². The summed E-state index contributed by atoms with van der Waals surface area (Å²) < 4.78 is 32.0. The molecule has 0 aromatic heterocycles. The first-order chi connectivity index (χ1) is 11.0. The van der Waals surface area contributed by atoms with Crippen LogP contribution in [0.15, 0.2) is 23.1 Å². The van der Waals surface area contributed by atoms with Crippen LogP contribution in [0.4, 0.5) is 0 Å². The number of ether oxygens (including phenoxy) is 1. The predicted octanol–water partition coefficient (Wildman–Crippen LogP) is 1.42. The number of phenolic OH excluding ortho intramolecular Hbond substituents is 1. The van der Waals surface area contributed by atoms with E-state index in [1.54, 1.807) is 4.90 Å². The SMILES string of the molecule is COc1ccc(O)c(S(=O)(=O)N2CC(=O)N(C(C)C)C(C)(C)C2)c1. The largest absolute Gasteiger partial charge is 0.507 e. The highest BCUT2D eigenvalue weighted by Gasteiger charge is 2.44. The molecule has 1 saturated heterocycles. The van der Waals surface area contributed by atoms with Crippen LogP contribution in [0.1, 0.15) is 27.7 Å². The fraction of sp³-hybridized carbons (Fsp3) is 0.562. The van der Waals surface area contributed by atoms with Gasteiger partial charge in [0, 0.05) is 18.7 Å². The molecule has 134 valence electrons. The fourth-order valence-corrected chi connectivity index (χ4v) is 4.89. The molecular formula is C16H24N2O5S. The van der Waals surface area contributed by atoms with Crippen molar-refractivity contribution in [3.8, 4) is 11.5 Å². The number of hydrogen-bond acceptors (Lipinski definition) is 5. The Hall–Kier alpha value is -1.80. The highest BCUT2D eigenvalue weighted by atomic mass is 32.2. The molecule has 0 atom stereocenters. The first-order valence-corrected chi connectivity index (χ1v) is 9.14. The van der Waals surface area contributed by atoms with Gasteiger partial charge in [-0.15, -0.1) is 0 Å². The van der Waals surface area contributed by atoms with Gasteiger partial charge in [-0.1, -0.05) is 0 Å². The third kappa shape index (κ3) is 3.21. The van der Waals surface area contributed by atoms with E-state index in [4.69, 9.17) is 4.74 Å². The third-order valence-electron chi connectivity index (χ3n) is 4.10. The summed E-state index contributed by atoms with van der Waals surface area (Å²) in [5.74, 6) is -0.308. The van der Waals surface area contributed by atoms with Crippen LogP contribution >= 0.6 is 0 Å². The summed E-state index contributed by atoms with van der Waals surface area (Å²) in [7, 11) is -2.61. The molecule has 0 unspecified atom stereocenters. The number of methoxy groups -OCH3 is 1. The van der Waals surface area contributed by atoms with Gasteiger partial charge in [0.1, 0.15) is 16.4 Å². The summed E-state index contributed by atoms with van der Waals surface area (Å²) in [6.45, 7) is 7.36. The quantitative estimate of drug-likeness (QED) is 0.882. The summed E-state index contributed by atoms with van der Waals surface area (Å²) in [5.41, 5.74) is -0.648. The molecule has 1 N–H and O–H groups in total. The topological polar surface area (TPSA) is 87.1 Å². The van der Waals surface area contributed by atoms with E-state index in [0.717, 1.165) is 4.31 Å². The number of hydrogen-bond donors (Lipinski definition) is 1. The minimum absolute atomic E-state index is 0.0254. The van der Waals surface area contributed by atoms with Crippen molar-refractivity contribution < 1.29 is 23.1 Å². The zero-order valence-corrected chi connectivity index (χ0v) is 15.4. The third-order valence-corrected chi connectivity index (χ3v) is 5.92. The van der Waals surface area contributed by atoms with Gasteiger partial charge in [0.05, 0.1) is 19.2 Å². The van der Waals surface area contributed by atoms with Crippen molar-refractivity contribution in [1.29, 1.82) is 0 Å². The number of amides is 1. The smallest absolute Gasteiger partial charge is 0.247 e. The van der Waals surface area contributed by atoms with Gasteiger partial charge >= 0.3 is 0 Å². The molecule has 0 saturated carbocycles. The summed E-state index contributed by atoms with van der Waals surface area (Å²) in [6.07, 6.45) is 0. The molecule has 0 bridgehead atoms. The minimum Gasteiger partial charge on any atom is -0.507 e. The molecule has 24 heavy (non-hydrogen) atoms. The molecular weight excluding hydrogens is 332 g/mol. The lowest BCUT2D eigenvalue weighted by Gasteiger charge is -2.48. The summed E-state index contributed by atoms with van der Waals surface area (Å²) in [6, 6.07) is 3.97. The van der Waals surface area contributed by atoms with Gasteiger partial charge in [-0.2, -0.15) is 4.31 Å². The van der Waals surface area contributed by atoms with Crippen molar-refractivity contribution in [2.24, 2.45) is 0 Å². The van der Waals surface area contributed by atoms with Crippen LogP contribution in [0.2, 0.25) is 0 Å². The Balaban J connectivity index is 2.43. The van der Waals surface area contributed by atoms with Crippen molar-refractivity contribution in [3.05, 3.63) is 18.2 Å². The fourth-order valence-electron chi connectivity index (χ4n) is 3.25. The summed E-state index contributed by atoms with van der Waals surface area (Å²) >= 11 is 0. The molecule has 1 heterocycles. The number of nitrogens with zero attached hydrogens (tertiary/aromatic N) is 2. The normalized spacial score (nSPS) is 18.9. The second-order valence-electron chi connectivity index (χ2n) is 6.78. The number of piperazine rings is 1. The number of phenols is 1. The first-order valence-electron chi connectivity index (χ1n) is 7.70. The summed E-state index contributed by atoms with van der Waals surface area (Å²) in [4.78, 5) is 13.9. The van der Waals surface area contributed by atoms with E-state index in [9.17, 15) is 18.3 Å². The van der Waals surface area contributed by atoms with Gasteiger partial charge in [0.15, 0.2) is 0 Å². The molecule has 1 aliphatic heterocycles. The maximum atomic E-state index is 12.9. The van der Waals surface area contributed by atoms with Crippen LogP contribution < -0.4 is 4.74 Å². The molecule has 1 aromatic rings. The molecule has 1 amide bonds. The molecule has 7 nitrogen and oxygen atoms in total. The number of sulfonamides is 1. The Kier molecular flexibility index (Phi) is 4.83. The van der Waals surface area contributed by atoms with E-state index in [2.05, 4.69) is 0 Å². The van der Waals surface area contributed by atoms with E-state index in [1.165, 1.54) is 25.3 Å². The lowest BCUT2D eigenvalue weighted by molar-refractivity contribution is -0.144. The van der Waals surface area contributed by atoms with E-state index >= 15 is 0 Å². The van der Waals surface area contributed by atoms with Gasteiger partial charge in [-0.3, -0.25) is 4.79 Å². The predicted molar refractivity (Wildman–Crippen MR) is 89.5 cm³/mol. The number of benzene rings is 1. The molecule has 0 spiro atoms. The molecule has 0 aliphatic carbocycles. The maximum Gasteiger partial charge on any atom is 0.247 e.